The summed E-state index contributed by atoms with van der Waals surface area (Å²) >= 11 is 1.59. The molecule has 0 saturated carbocycles. The first kappa shape index (κ1) is 17.9. The molecule has 5 nitrogen and oxygen atoms in total. The van der Waals surface area contributed by atoms with Crippen LogP contribution in [0.1, 0.15) is 29.5 Å². The van der Waals surface area contributed by atoms with Crippen LogP contribution in [0.2, 0.25) is 0 Å². The zero-order valence-corrected chi connectivity index (χ0v) is 16.3. The summed E-state index contributed by atoms with van der Waals surface area (Å²) in [4.78, 5) is 18.4. The summed E-state index contributed by atoms with van der Waals surface area (Å²) in [5.74, 6) is 1.18. The number of esters is 1. The molecule has 0 unspecified atom stereocenters. The molecule has 1 N–H and O–H groups in total. The van der Waals surface area contributed by atoms with Crippen LogP contribution in [0.25, 0.3) is 10.8 Å². The maximum absolute atomic E-state index is 12.8. The topological polar surface area (TPSA) is 64.4 Å². The molecule has 1 aliphatic rings. The standard InChI is InChI=1S/C21H22N2O3S/c1-3-25-20(24)21(11-15-7-4-5-8-16(15)12-21)22-13-17-14(2)26-19(23-17)18-9-6-10-27-18/h4-10,22H,3,11-13H2,1-2H3. The molecule has 140 valence electrons. The molecule has 1 aromatic carbocycles. The number of aryl methyl sites for hydroxylation is 1. The van der Waals surface area contributed by atoms with Crippen molar-refractivity contribution in [2.75, 3.05) is 6.61 Å². The van der Waals surface area contributed by atoms with Gasteiger partial charge in [0.1, 0.15) is 11.3 Å². The van der Waals surface area contributed by atoms with Crippen molar-refractivity contribution in [2.45, 2.75) is 38.8 Å². The Morgan fingerprint density at radius 1 is 1.26 bits per heavy atom. The minimum Gasteiger partial charge on any atom is -0.465 e. The lowest BCUT2D eigenvalue weighted by atomic mass is 9.95. The van der Waals surface area contributed by atoms with E-state index in [1.807, 2.05) is 43.5 Å². The van der Waals surface area contributed by atoms with Crippen molar-refractivity contribution < 1.29 is 13.9 Å². The number of carbonyl (C=O) groups excluding carboxylic acids is 1. The third kappa shape index (κ3) is 3.42. The predicted octanol–water partition coefficient (Wildman–Crippen LogP) is 3.90. The van der Waals surface area contributed by atoms with Gasteiger partial charge in [-0.05, 0) is 36.4 Å². The van der Waals surface area contributed by atoms with Crippen LogP contribution in [0.4, 0.5) is 0 Å². The Hall–Kier alpha value is -2.44. The molecule has 1 aliphatic carbocycles. The fourth-order valence-corrected chi connectivity index (χ4v) is 4.23. The average Bonchev–Trinajstić information content (AvgIpc) is 3.38. The molecule has 0 bridgehead atoms. The molecule has 4 rings (SSSR count). The Morgan fingerprint density at radius 2 is 2.00 bits per heavy atom. The van der Waals surface area contributed by atoms with E-state index < -0.39 is 5.54 Å². The monoisotopic (exact) mass is 382 g/mol. The zero-order valence-electron chi connectivity index (χ0n) is 15.5. The molecule has 0 spiro atoms. The largest absolute Gasteiger partial charge is 0.465 e. The van der Waals surface area contributed by atoms with Crippen molar-refractivity contribution in [1.82, 2.24) is 10.3 Å². The fraction of sp³-hybridized carbons (Fsp3) is 0.333. The number of carbonyl (C=O) groups is 1. The van der Waals surface area contributed by atoms with E-state index in [4.69, 9.17) is 9.15 Å². The van der Waals surface area contributed by atoms with Crippen LogP contribution < -0.4 is 5.32 Å². The minimum atomic E-state index is -0.756. The van der Waals surface area contributed by atoms with Crippen molar-refractivity contribution in [2.24, 2.45) is 0 Å². The Bertz CT molecular complexity index is 921. The molecule has 0 fully saturated rings. The third-order valence-electron chi connectivity index (χ3n) is 4.99. The SMILES string of the molecule is CCOC(=O)C1(NCc2nc(-c3cccs3)oc2C)Cc2ccccc2C1. The van der Waals surface area contributed by atoms with E-state index in [0.29, 0.717) is 31.9 Å². The number of fused-ring (bicyclic) bond motifs is 1. The lowest BCUT2D eigenvalue weighted by molar-refractivity contribution is -0.151. The highest BCUT2D eigenvalue weighted by Gasteiger charge is 2.45. The summed E-state index contributed by atoms with van der Waals surface area (Å²) < 4.78 is 11.2. The normalized spacial score (nSPS) is 14.9. The van der Waals surface area contributed by atoms with Gasteiger partial charge in [0.15, 0.2) is 0 Å². The number of aromatic nitrogens is 1. The first-order chi connectivity index (χ1) is 13.1. The number of hydrogen-bond acceptors (Lipinski definition) is 6. The highest BCUT2D eigenvalue weighted by atomic mass is 32.1. The Morgan fingerprint density at radius 3 is 2.63 bits per heavy atom. The lowest BCUT2D eigenvalue weighted by Crippen LogP contribution is -2.53. The first-order valence-electron chi connectivity index (χ1n) is 9.10. The molecule has 2 heterocycles. The molecule has 0 radical (unpaired) electrons. The van der Waals surface area contributed by atoms with Gasteiger partial charge in [0.25, 0.3) is 0 Å². The fourth-order valence-electron chi connectivity index (χ4n) is 3.58. The molecule has 6 heteroatoms. The highest BCUT2D eigenvalue weighted by Crippen LogP contribution is 2.32. The smallest absolute Gasteiger partial charge is 0.327 e. The van der Waals surface area contributed by atoms with E-state index in [9.17, 15) is 4.79 Å². The number of benzene rings is 1. The van der Waals surface area contributed by atoms with E-state index in [2.05, 4.69) is 22.4 Å². The van der Waals surface area contributed by atoms with Gasteiger partial charge < -0.3 is 9.15 Å². The predicted molar refractivity (Wildman–Crippen MR) is 105 cm³/mol. The number of hydrogen-bond donors (Lipinski definition) is 1. The second kappa shape index (κ2) is 7.29. The summed E-state index contributed by atoms with van der Waals surface area (Å²) in [7, 11) is 0. The molecule has 0 atom stereocenters. The van der Waals surface area contributed by atoms with Crippen LogP contribution in [0, 0.1) is 6.92 Å². The number of thiophene rings is 1. The van der Waals surface area contributed by atoms with Crippen LogP contribution >= 0.6 is 11.3 Å². The van der Waals surface area contributed by atoms with Crippen molar-refractivity contribution >= 4 is 17.3 Å². The lowest BCUT2D eigenvalue weighted by Gasteiger charge is -2.27. The number of nitrogens with zero attached hydrogens (tertiary/aromatic N) is 1. The van der Waals surface area contributed by atoms with Gasteiger partial charge in [0, 0.05) is 19.4 Å². The van der Waals surface area contributed by atoms with Gasteiger partial charge in [-0.1, -0.05) is 30.3 Å². The molecular weight excluding hydrogens is 360 g/mol. The van der Waals surface area contributed by atoms with Gasteiger partial charge in [-0.2, -0.15) is 0 Å². The van der Waals surface area contributed by atoms with Crippen molar-refractivity contribution in [3.8, 4) is 10.8 Å². The van der Waals surface area contributed by atoms with Gasteiger partial charge in [0.2, 0.25) is 5.89 Å². The average molecular weight is 382 g/mol. The summed E-state index contributed by atoms with van der Waals surface area (Å²) in [5, 5.41) is 5.45. The first-order valence-corrected chi connectivity index (χ1v) is 9.98. The molecule has 3 aromatic rings. The van der Waals surface area contributed by atoms with Crippen molar-refractivity contribution in [3.05, 3.63) is 64.4 Å². The number of rotatable bonds is 6. The van der Waals surface area contributed by atoms with Crippen LogP contribution in [-0.2, 0) is 28.9 Å². The molecule has 0 saturated heterocycles. The molecule has 0 amide bonds. The number of oxazole rings is 1. The summed E-state index contributed by atoms with van der Waals surface area (Å²) in [6.07, 6.45) is 1.24. The van der Waals surface area contributed by atoms with Crippen LogP contribution in [0.5, 0.6) is 0 Å². The van der Waals surface area contributed by atoms with Gasteiger partial charge in [0.05, 0.1) is 17.2 Å². The Kier molecular flexibility index (Phi) is 4.85. The van der Waals surface area contributed by atoms with E-state index in [0.717, 1.165) is 16.3 Å². The number of ether oxygens (including phenoxy) is 1. The van der Waals surface area contributed by atoms with Gasteiger partial charge in [-0.25, -0.2) is 4.98 Å². The summed E-state index contributed by atoms with van der Waals surface area (Å²) in [6.45, 7) is 4.56. The van der Waals surface area contributed by atoms with E-state index in [-0.39, 0.29) is 5.97 Å². The zero-order chi connectivity index (χ0) is 18.9. The highest BCUT2D eigenvalue weighted by molar-refractivity contribution is 7.13. The second-order valence-corrected chi connectivity index (χ2v) is 7.73. The third-order valence-corrected chi connectivity index (χ3v) is 5.85. The Labute approximate surface area is 162 Å². The number of nitrogens with one attached hydrogen (secondary N) is 1. The molecule has 2 aromatic heterocycles. The van der Waals surface area contributed by atoms with E-state index >= 15 is 0 Å². The van der Waals surface area contributed by atoms with Gasteiger partial charge in [-0.15, -0.1) is 11.3 Å². The van der Waals surface area contributed by atoms with E-state index in [1.54, 1.807) is 11.3 Å². The van der Waals surface area contributed by atoms with E-state index in [1.165, 1.54) is 11.1 Å². The molecular formula is C21H22N2O3S. The van der Waals surface area contributed by atoms with Gasteiger partial charge >= 0.3 is 5.97 Å². The maximum Gasteiger partial charge on any atom is 0.327 e. The van der Waals surface area contributed by atoms with Crippen LogP contribution in [-0.4, -0.2) is 23.1 Å². The van der Waals surface area contributed by atoms with Crippen molar-refractivity contribution in [1.29, 1.82) is 0 Å². The van der Waals surface area contributed by atoms with Crippen LogP contribution in [0.3, 0.4) is 0 Å². The minimum absolute atomic E-state index is 0.208. The van der Waals surface area contributed by atoms with Crippen LogP contribution in [0.15, 0.2) is 46.2 Å². The molecule has 27 heavy (non-hydrogen) atoms. The Balaban J connectivity index is 1.56. The quantitative estimate of drug-likeness (QED) is 0.655. The maximum atomic E-state index is 12.8. The second-order valence-electron chi connectivity index (χ2n) is 6.78. The summed E-state index contributed by atoms with van der Waals surface area (Å²) in [5.41, 5.74) is 2.44. The molecule has 0 aliphatic heterocycles. The summed E-state index contributed by atoms with van der Waals surface area (Å²) in [6, 6.07) is 12.1. The van der Waals surface area contributed by atoms with Crippen molar-refractivity contribution in [3.63, 3.8) is 0 Å². The van der Waals surface area contributed by atoms with Gasteiger partial charge in [-0.3, -0.25) is 10.1 Å².